The third kappa shape index (κ3) is 2.78. The van der Waals surface area contributed by atoms with Crippen molar-refractivity contribution < 1.29 is 0 Å². The van der Waals surface area contributed by atoms with Crippen molar-refractivity contribution >= 4 is 46.4 Å². The van der Waals surface area contributed by atoms with Gasteiger partial charge in [0.15, 0.2) is 4.33 Å². The molecule has 0 saturated carbocycles. The van der Waals surface area contributed by atoms with Crippen molar-refractivity contribution in [2.45, 2.75) is 9.17 Å². The fourth-order valence-electron chi connectivity index (χ4n) is 1.78. The molecule has 18 heavy (non-hydrogen) atoms. The maximum Gasteiger partial charge on any atom is 0.168 e. The van der Waals surface area contributed by atoms with Gasteiger partial charge in [0.05, 0.1) is 0 Å². The molecule has 2 aromatic rings. The van der Waals surface area contributed by atoms with Crippen molar-refractivity contribution in [1.29, 1.82) is 0 Å². The van der Waals surface area contributed by atoms with E-state index >= 15 is 0 Å². The zero-order chi connectivity index (χ0) is 13.2. The number of hydrogen-bond donors (Lipinski definition) is 0. The third-order valence-corrected chi connectivity index (χ3v) is 3.98. The van der Waals surface area contributed by atoms with E-state index in [1.807, 2.05) is 54.6 Å². The summed E-state index contributed by atoms with van der Waals surface area (Å²) in [5.41, 5.74) is 2.21. The molecule has 4 heteroatoms. The van der Waals surface area contributed by atoms with Crippen LogP contribution in [-0.4, -0.2) is 0 Å². The van der Waals surface area contributed by atoms with Gasteiger partial charge in [-0.25, -0.2) is 0 Å². The Hall–Kier alpha value is -0.400. The SMILES string of the molecule is ClC(Cl)c1ccccc1C(Cl)(Cl)c1ccccc1. The van der Waals surface area contributed by atoms with Crippen molar-refractivity contribution in [1.82, 2.24) is 0 Å². The van der Waals surface area contributed by atoms with Crippen LogP contribution in [0, 0.1) is 0 Å². The van der Waals surface area contributed by atoms with E-state index in [1.165, 1.54) is 0 Å². The van der Waals surface area contributed by atoms with E-state index in [0.29, 0.717) is 5.56 Å². The van der Waals surface area contributed by atoms with Crippen LogP contribution in [0.2, 0.25) is 0 Å². The molecule has 0 spiro atoms. The van der Waals surface area contributed by atoms with Gasteiger partial charge in [-0.15, -0.1) is 23.2 Å². The lowest BCUT2D eigenvalue weighted by molar-refractivity contribution is 1.01. The van der Waals surface area contributed by atoms with Gasteiger partial charge in [0.25, 0.3) is 0 Å². The summed E-state index contributed by atoms with van der Waals surface area (Å²) in [4.78, 5) is -0.665. The minimum absolute atomic E-state index is 0.665. The Balaban J connectivity index is 2.54. The molecule has 0 saturated heterocycles. The van der Waals surface area contributed by atoms with E-state index in [2.05, 4.69) is 0 Å². The summed E-state index contributed by atoms with van der Waals surface area (Å²) >= 11 is 24.9. The summed E-state index contributed by atoms with van der Waals surface area (Å²) in [7, 11) is 0. The second kappa shape index (κ2) is 5.71. The largest absolute Gasteiger partial charge is 0.168 e. The Morgan fingerprint density at radius 3 is 1.94 bits per heavy atom. The van der Waals surface area contributed by atoms with E-state index < -0.39 is 9.17 Å². The van der Waals surface area contributed by atoms with Gasteiger partial charge >= 0.3 is 0 Å². The number of halogens is 4. The minimum atomic E-state index is -1.17. The van der Waals surface area contributed by atoms with Crippen LogP contribution in [0.1, 0.15) is 21.5 Å². The first-order chi connectivity index (χ1) is 8.53. The molecular weight excluding hydrogens is 310 g/mol. The Kier molecular flexibility index (Phi) is 4.45. The van der Waals surface area contributed by atoms with Crippen molar-refractivity contribution in [3.8, 4) is 0 Å². The Morgan fingerprint density at radius 2 is 1.33 bits per heavy atom. The van der Waals surface area contributed by atoms with Crippen LogP contribution in [0.4, 0.5) is 0 Å². The van der Waals surface area contributed by atoms with Gasteiger partial charge in [-0.3, -0.25) is 0 Å². The average Bonchev–Trinajstić information content (AvgIpc) is 2.39. The van der Waals surface area contributed by atoms with Gasteiger partial charge in [-0.2, -0.15) is 0 Å². The van der Waals surface area contributed by atoms with Gasteiger partial charge in [0.1, 0.15) is 4.84 Å². The van der Waals surface area contributed by atoms with Crippen LogP contribution in [0.15, 0.2) is 54.6 Å². The fourth-order valence-corrected chi connectivity index (χ4v) is 2.75. The van der Waals surface area contributed by atoms with E-state index in [0.717, 1.165) is 11.1 Å². The normalized spacial score (nSPS) is 11.8. The van der Waals surface area contributed by atoms with Crippen molar-refractivity contribution in [3.05, 3.63) is 71.3 Å². The third-order valence-electron chi connectivity index (χ3n) is 2.67. The molecule has 94 valence electrons. The van der Waals surface area contributed by atoms with Crippen molar-refractivity contribution in [3.63, 3.8) is 0 Å². The minimum Gasteiger partial charge on any atom is -0.100 e. The average molecular weight is 320 g/mol. The summed E-state index contributed by atoms with van der Waals surface area (Å²) in [6, 6.07) is 16.8. The van der Waals surface area contributed by atoms with Gasteiger partial charge in [0, 0.05) is 0 Å². The lowest BCUT2D eigenvalue weighted by atomic mass is 9.99. The molecule has 0 aliphatic carbocycles. The Labute approximate surface area is 126 Å². The molecule has 2 aromatic carbocycles. The highest BCUT2D eigenvalue weighted by molar-refractivity contribution is 6.50. The predicted molar refractivity (Wildman–Crippen MR) is 79.8 cm³/mol. The molecule has 0 aromatic heterocycles. The molecule has 0 aliphatic rings. The molecule has 0 bridgehead atoms. The molecule has 2 rings (SSSR count). The first-order valence-electron chi connectivity index (χ1n) is 5.34. The molecule has 0 radical (unpaired) electrons. The highest BCUT2D eigenvalue weighted by atomic mass is 35.5. The Morgan fingerprint density at radius 1 is 0.778 bits per heavy atom. The van der Waals surface area contributed by atoms with Crippen LogP contribution in [0.5, 0.6) is 0 Å². The topological polar surface area (TPSA) is 0 Å². The van der Waals surface area contributed by atoms with E-state index in [1.54, 1.807) is 0 Å². The summed E-state index contributed by atoms with van der Waals surface area (Å²) < 4.78 is -1.17. The smallest absolute Gasteiger partial charge is 0.100 e. The second-order valence-corrected chi connectivity index (χ2v) is 6.25. The van der Waals surface area contributed by atoms with Gasteiger partial charge in [0.2, 0.25) is 0 Å². The lowest BCUT2D eigenvalue weighted by Gasteiger charge is -2.24. The summed E-state index contributed by atoms with van der Waals surface area (Å²) in [5, 5.41) is 0. The fraction of sp³-hybridized carbons (Fsp3) is 0.143. The number of benzene rings is 2. The summed E-state index contributed by atoms with van der Waals surface area (Å²) in [5.74, 6) is 0. The highest BCUT2D eigenvalue weighted by Gasteiger charge is 2.32. The van der Waals surface area contributed by atoms with E-state index in [9.17, 15) is 0 Å². The lowest BCUT2D eigenvalue weighted by Crippen LogP contribution is -2.14. The molecule has 0 heterocycles. The highest BCUT2D eigenvalue weighted by Crippen LogP contribution is 2.45. The standard InChI is InChI=1S/C14H10Cl4/c15-13(16)11-8-4-5-9-12(11)14(17,18)10-6-2-1-3-7-10/h1-9,13H. The Bertz CT molecular complexity index is 520. The van der Waals surface area contributed by atoms with E-state index in [-0.39, 0.29) is 0 Å². The van der Waals surface area contributed by atoms with Crippen LogP contribution >= 0.6 is 46.4 Å². The maximum atomic E-state index is 6.48. The van der Waals surface area contributed by atoms with Crippen LogP contribution < -0.4 is 0 Å². The molecule has 0 N–H and O–H groups in total. The van der Waals surface area contributed by atoms with Gasteiger partial charge < -0.3 is 0 Å². The van der Waals surface area contributed by atoms with Crippen LogP contribution in [0.25, 0.3) is 0 Å². The van der Waals surface area contributed by atoms with Crippen molar-refractivity contribution in [2.75, 3.05) is 0 Å². The molecule has 0 atom stereocenters. The first kappa shape index (κ1) is 14.0. The predicted octanol–water partition coefficient (Wildman–Crippen LogP) is 5.84. The number of alkyl halides is 4. The molecule has 0 amide bonds. The zero-order valence-corrected chi connectivity index (χ0v) is 12.3. The first-order valence-corrected chi connectivity index (χ1v) is 6.97. The quantitative estimate of drug-likeness (QED) is 0.623. The monoisotopic (exact) mass is 318 g/mol. The number of rotatable bonds is 3. The molecule has 0 aliphatic heterocycles. The van der Waals surface area contributed by atoms with Gasteiger partial charge in [-0.05, 0) is 16.7 Å². The van der Waals surface area contributed by atoms with Crippen LogP contribution in [-0.2, 0) is 4.33 Å². The van der Waals surface area contributed by atoms with Crippen molar-refractivity contribution in [2.24, 2.45) is 0 Å². The number of hydrogen-bond acceptors (Lipinski definition) is 0. The second-order valence-electron chi connectivity index (χ2n) is 3.83. The van der Waals surface area contributed by atoms with Crippen LogP contribution in [0.3, 0.4) is 0 Å². The van der Waals surface area contributed by atoms with Gasteiger partial charge in [-0.1, -0.05) is 77.8 Å². The maximum absolute atomic E-state index is 6.48. The summed E-state index contributed by atoms with van der Waals surface area (Å²) in [6.07, 6.45) is 0. The summed E-state index contributed by atoms with van der Waals surface area (Å²) in [6.45, 7) is 0. The molecule has 0 nitrogen and oxygen atoms in total. The van der Waals surface area contributed by atoms with E-state index in [4.69, 9.17) is 46.4 Å². The molecule has 0 fully saturated rings. The molecular formula is C14H10Cl4. The molecule has 0 unspecified atom stereocenters. The zero-order valence-electron chi connectivity index (χ0n) is 9.29.